The van der Waals surface area contributed by atoms with E-state index < -0.39 is 0 Å². The minimum absolute atomic E-state index is 0.0769. The van der Waals surface area contributed by atoms with Crippen molar-refractivity contribution in [3.8, 4) is 0 Å². The van der Waals surface area contributed by atoms with Gasteiger partial charge in [-0.2, -0.15) is 0 Å². The van der Waals surface area contributed by atoms with Crippen LogP contribution in [0.5, 0.6) is 0 Å². The summed E-state index contributed by atoms with van der Waals surface area (Å²) in [5, 5.41) is 0. The molecule has 2 atom stereocenters. The van der Waals surface area contributed by atoms with Crippen molar-refractivity contribution in [1.82, 2.24) is 0 Å². The lowest BCUT2D eigenvalue weighted by Crippen LogP contribution is -2.41. The number of amides is 1. The molecule has 1 aliphatic heterocycles. The Morgan fingerprint density at radius 3 is 2.94 bits per heavy atom. The average molecular weight is 232 g/mol. The Balaban J connectivity index is 2.26. The number of nitrogens with zero attached hydrogens (tertiary/aromatic N) is 1. The number of fused-ring (bicyclic) bond motifs is 1. The van der Waals surface area contributed by atoms with E-state index in [1.807, 2.05) is 30.0 Å². The summed E-state index contributed by atoms with van der Waals surface area (Å²) < 4.78 is 0. The zero-order chi connectivity index (χ0) is 12.4. The SMILES string of the molecule is CC(N)CC(=O)N1CC(C)Cc2ccccc21. The Morgan fingerprint density at radius 2 is 2.24 bits per heavy atom. The Labute approximate surface area is 103 Å². The van der Waals surface area contributed by atoms with E-state index in [2.05, 4.69) is 13.0 Å². The second-order valence-electron chi connectivity index (χ2n) is 5.12. The average Bonchev–Trinajstić information content (AvgIpc) is 2.26. The van der Waals surface area contributed by atoms with Crippen LogP contribution in [0.1, 0.15) is 25.8 Å². The van der Waals surface area contributed by atoms with Crippen LogP contribution < -0.4 is 10.6 Å². The fraction of sp³-hybridized carbons (Fsp3) is 0.500. The van der Waals surface area contributed by atoms with Crippen LogP contribution in [0.15, 0.2) is 24.3 Å². The van der Waals surface area contributed by atoms with Crippen LogP contribution in [0.4, 0.5) is 5.69 Å². The van der Waals surface area contributed by atoms with Crippen LogP contribution in [0.2, 0.25) is 0 Å². The first-order valence-electron chi connectivity index (χ1n) is 6.21. The van der Waals surface area contributed by atoms with Crippen molar-refractivity contribution in [2.24, 2.45) is 11.7 Å². The van der Waals surface area contributed by atoms with Crippen LogP contribution >= 0.6 is 0 Å². The normalized spacial score (nSPS) is 20.9. The molecule has 1 heterocycles. The van der Waals surface area contributed by atoms with E-state index >= 15 is 0 Å². The largest absolute Gasteiger partial charge is 0.327 e. The zero-order valence-electron chi connectivity index (χ0n) is 10.5. The van der Waals surface area contributed by atoms with Gasteiger partial charge in [0.1, 0.15) is 0 Å². The van der Waals surface area contributed by atoms with Crippen molar-refractivity contribution in [3.05, 3.63) is 29.8 Å². The summed E-state index contributed by atoms with van der Waals surface area (Å²) in [6, 6.07) is 8.08. The van der Waals surface area contributed by atoms with Gasteiger partial charge in [-0.25, -0.2) is 0 Å². The molecule has 0 spiro atoms. The predicted octanol–water partition coefficient (Wildman–Crippen LogP) is 1.95. The van der Waals surface area contributed by atoms with Gasteiger partial charge in [-0.15, -0.1) is 0 Å². The lowest BCUT2D eigenvalue weighted by atomic mass is 9.93. The number of nitrogens with two attached hydrogens (primary N) is 1. The van der Waals surface area contributed by atoms with Crippen LogP contribution in [0, 0.1) is 5.92 Å². The molecular formula is C14H20N2O. The topological polar surface area (TPSA) is 46.3 Å². The first-order valence-corrected chi connectivity index (χ1v) is 6.21. The van der Waals surface area contributed by atoms with Gasteiger partial charge in [-0.05, 0) is 30.9 Å². The molecule has 1 aromatic carbocycles. The molecule has 0 aromatic heterocycles. The van der Waals surface area contributed by atoms with Gasteiger partial charge in [0, 0.05) is 24.7 Å². The van der Waals surface area contributed by atoms with Crippen molar-refractivity contribution in [3.63, 3.8) is 0 Å². The minimum Gasteiger partial charge on any atom is -0.327 e. The quantitative estimate of drug-likeness (QED) is 0.847. The molecule has 0 saturated carbocycles. The summed E-state index contributed by atoms with van der Waals surface area (Å²) in [7, 11) is 0. The lowest BCUT2D eigenvalue weighted by molar-refractivity contribution is -0.119. The maximum atomic E-state index is 12.2. The molecule has 1 amide bonds. The molecule has 1 aliphatic rings. The molecule has 0 radical (unpaired) electrons. The van der Waals surface area contributed by atoms with Gasteiger partial charge in [-0.1, -0.05) is 25.1 Å². The third-order valence-corrected chi connectivity index (χ3v) is 3.14. The molecule has 2 N–H and O–H groups in total. The maximum Gasteiger partial charge on any atom is 0.228 e. The van der Waals surface area contributed by atoms with E-state index in [0.717, 1.165) is 18.7 Å². The molecule has 0 bridgehead atoms. The molecule has 2 unspecified atom stereocenters. The molecule has 0 saturated heterocycles. The van der Waals surface area contributed by atoms with E-state index in [9.17, 15) is 4.79 Å². The highest BCUT2D eigenvalue weighted by Gasteiger charge is 2.26. The summed E-state index contributed by atoms with van der Waals surface area (Å²) >= 11 is 0. The molecule has 92 valence electrons. The Hall–Kier alpha value is -1.35. The molecule has 2 rings (SSSR count). The minimum atomic E-state index is -0.0769. The highest BCUT2D eigenvalue weighted by molar-refractivity contribution is 5.94. The van der Waals surface area contributed by atoms with E-state index in [-0.39, 0.29) is 11.9 Å². The van der Waals surface area contributed by atoms with Crippen molar-refractivity contribution in [2.45, 2.75) is 32.7 Å². The van der Waals surface area contributed by atoms with Crippen molar-refractivity contribution < 1.29 is 4.79 Å². The fourth-order valence-corrected chi connectivity index (χ4v) is 2.42. The van der Waals surface area contributed by atoms with Gasteiger partial charge in [0.25, 0.3) is 0 Å². The molecule has 17 heavy (non-hydrogen) atoms. The maximum absolute atomic E-state index is 12.2. The smallest absolute Gasteiger partial charge is 0.228 e. The second kappa shape index (κ2) is 4.88. The van der Waals surface area contributed by atoms with Crippen molar-refractivity contribution >= 4 is 11.6 Å². The highest BCUT2D eigenvalue weighted by Crippen LogP contribution is 2.29. The van der Waals surface area contributed by atoms with Crippen LogP contribution in [-0.4, -0.2) is 18.5 Å². The summed E-state index contributed by atoms with van der Waals surface area (Å²) in [4.78, 5) is 14.1. The van der Waals surface area contributed by atoms with Gasteiger partial charge in [0.15, 0.2) is 0 Å². The molecule has 0 aliphatic carbocycles. The number of carbonyl (C=O) groups excluding carboxylic acids is 1. The predicted molar refractivity (Wildman–Crippen MR) is 69.9 cm³/mol. The number of carbonyl (C=O) groups is 1. The number of rotatable bonds is 2. The molecule has 0 fully saturated rings. The third-order valence-electron chi connectivity index (χ3n) is 3.14. The van der Waals surface area contributed by atoms with Crippen molar-refractivity contribution in [2.75, 3.05) is 11.4 Å². The zero-order valence-corrected chi connectivity index (χ0v) is 10.5. The molecule has 1 aromatic rings. The van der Waals surface area contributed by atoms with Crippen LogP contribution in [0.3, 0.4) is 0 Å². The standard InChI is InChI=1S/C14H20N2O/c1-10-7-12-5-3-4-6-13(12)16(9-10)14(17)8-11(2)15/h3-6,10-11H,7-9,15H2,1-2H3. The van der Waals surface area contributed by atoms with Crippen molar-refractivity contribution in [1.29, 1.82) is 0 Å². The fourth-order valence-electron chi connectivity index (χ4n) is 2.42. The van der Waals surface area contributed by atoms with Crippen LogP contribution in [-0.2, 0) is 11.2 Å². The van der Waals surface area contributed by atoms with Gasteiger partial charge in [0.05, 0.1) is 0 Å². The second-order valence-corrected chi connectivity index (χ2v) is 5.12. The molecule has 3 nitrogen and oxygen atoms in total. The lowest BCUT2D eigenvalue weighted by Gasteiger charge is -2.33. The molecule has 3 heteroatoms. The number of anilines is 1. The highest BCUT2D eigenvalue weighted by atomic mass is 16.2. The Morgan fingerprint density at radius 1 is 1.53 bits per heavy atom. The number of para-hydroxylation sites is 1. The Kier molecular flexibility index (Phi) is 3.48. The summed E-state index contributed by atoms with van der Waals surface area (Å²) in [6.07, 6.45) is 1.47. The van der Waals surface area contributed by atoms with E-state index in [4.69, 9.17) is 5.73 Å². The van der Waals surface area contributed by atoms with Gasteiger partial charge < -0.3 is 10.6 Å². The van der Waals surface area contributed by atoms with E-state index in [1.165, 1.54) is 5.56 Å². The number of hydrogen-bond donors (Lipinski definition) is 1. The van der Waals surface area contributed by atoms with Crippen LogP contribution in [0.25, 0.3) is 0 Å². The summed E-state index contributed by atoms with van der Waals surface area (Å²) in [5.74, 6) is 0.654. The Bertz CT molecular complexity index is 414. The van der Waals surface area contributed by atoms with E-state index in [0.29, 0.717) is 12.3 Å². The third kappa shape index (κ3) is 2.67. The van der Waals surface area contributed by atoms with E-state index in [1.54, 1.807) is 0 Å². The van der Waals surface area contributed by atoms with Gasteiger partial charge in [0.2, 0.25) is 5.91 Å². The molecular weight excluding hydrogens is 212 g/mol. The first-order chi connectivity index (χ1) is 8.08. The first kappa shape index (κ1) is 12.1. The summed E-state index contributed by atoms with van der Waals surface area (Å²) in [5.41, 5.74) is 8.04. The monoisotopic (exact) mass is 232 g/mol. The van der Waals surface area contributed by atoms with Gasteiger partial charge in [-0.3, -0.25) is 4.79 Å². The number of hydrogen-bond acceptors (Lipinski definition) is 2. The number of benzene rings is 1. The summed E-state index contributed by atoms with van der Waals surface area (Å²) in [6.45, 7) is 4.86. The van der Waals surface area contributed by atoms with Gasteiger partial charge >= 0.3 is 0 Å².